The standard InChI is InChI=1S/C34H57F3N4O4/c1-22-16-23(2)39-33(43)30(22)19-38-32(42)29-17-27(26-6-4-25(5-7-26)20-40-10-14-45-15-11-40)18-31(24(29)3)41(21-34(35,36)37)28-8-12-44-13-9-28/h22-31H,4-21H2,1-3H3,(H,38,42)(H,39,43). The number of carbonyl (C=O) groups excluding carboxylic acids is 2. The normalized spacial score (nSPS) is 37.8. The van der Waals surface area contributed by atoms with Crippen molar-refractivity contribution in [3.05, 3.63) is 0 Å². The van der Waals surface area contributed by atoms with Gasteiger partial charge in [0.15, 0.2) is 0 Å². The molecule has 3 saturated heterocycles. The van der Waals surface area contributed by atoms with Gasteiger partial charge in [-0.1, -0.05) is 13.8 Å². The van der Waals surface area contributed by atoms with E-state index >= 15 is 0 Å². The molecule has 2 saturated carbocycles. The molecule has 5 rings (SSSR count). The molecular formula is C34H57F3N4O4. The van der Waals surface area contributed by atoms with E-state index in [1.807, 2.05) is 13.8 Å². The Morgan fingerprint density at radius 1 is 0.933 bits per heavy atom. The fraction of sp³-hybridized carbons (Fsp3) is 0.941. The summed E-state index contributed by atoms with van der Waals surface area (Å²) in [5.74, 6) is 0.409. The Hall–Kier alpha value is -1.43. The second-order valence-corrected chi connectivity index (χ2v) is 15.1. The van der Waals surface area contributed by atoms with E-state index in [0.717, 1.165) is 65.0 Å². The zero-order valence-corrected chi connectivity index (χ0v) is 27.7. The number of nitrogens with one attached hydrogen (secondary N) is 2. The minimum absolute atomic E-state index is 0.0290. The molecule has 3 heterocycles. The van der Waals surface area contributed by atoms with E-state index in [1.54, 1.807) is 4.90 Å². The summed E-state index contributed by atoms with van der Waals surface area (Å²) in [6.45, 7) is 11.0. The maximum Gasteiger partial charge on any atom is 0.401 e. The summed E-state index contributed by atoms with van der Waals surface area (Å²) in [4.78, 5) is 30.9. The molecule has 7 unspecified atom stereocenters. The monoisotopic (exact) mass is 642 g/mol. The summed E-state index contributed by atoms with van der Waals surface area (Å²) >= 11 is 0. The lowest BCUT2D eigenvalue weighted by molar-refractivity contribution is -0.170. The van der Waals surface area contributed by atoms with Crippen LogP contribution in [-0.4, -0.2) is 105 Å². The summed E-state index contributed by atoms with van der Waals surface area (Å²) in [6.07, 6.45) is 3.54. The molecule has 3 aliphatic heterocycles. The molecule has 2 N–H and O–H groups in total. The van der Waals surface area contributed by atoms with E-state index in [4.69, 9.17) is 9.47 Å². The highest BCUT2D eigenvalue weighted by atomic mass is 19.4. The van der Waals surface area contributed by atoms with Crippen molar-refractivity contribution in [1.82, 2.24) is 20.4 Å². The molecule has 0 aromatic heterocycles. The molecule has 11 heteroatoms. The van der Waals surface area contributed by atoms with Crippen LogP contribution in [0.3, 0.4) is 0 Å². The molecule has 5 aliphatic rings. The highest BCUT2D eigenvalue weighted by Gasteiger charge is 2.48. The van der Waals surface area contributed by atoms with Gasteiger partial charge in [0.25, 0.3) is 0 Å². The van der Waals surface area contributed by atoms with E-state index in [1.165, 1.54) is 0 Å². The van der Waals surface area contributed by atoms with E-state index in [9.17, 15) is 22.8 Å². The first-order chi connectivity index (χ1) is 21.5. The van der Waals surface area contributed by atoms with Crippen LogP contribution in [0.5, 0.6) is 0 Å². The molecular weight excluding hydrogens is 585 g/mol. The predicted molar refractivity (Wildman–Crippen MR) is 166 cm³/mol. The quantitative estimate of drug-likeness (QED) is 0.386. The van der Waals surface area contributed by atoms with Gasteiger partial charge >= 0.3 is 6.18 Å². The van der Waals surface area contributed by atoms with Crippen LogP contribution < -0.4 is 10.6 Å². The van der Waals surface area contributed by atoms with Crippen molar-refractivity contribution in [3.8, 4) is 0 Å². The van der Waals surface area contributed by atoms with Crippen LogP contribution >= 0.6 is 0 Å². The average Bonchev–Trinajstić information content (AvgIpc) is 3.00. The van der Waals surface area contributed by atoms with Gasteiger partial charge in [0.05, 0.1) is 25.7 Å². The average molecular weight is 643 g/mol. The van der Waals surface area contributed by atoms with Gasteiger partial charge in [-0.05, 0) is 94.3 Å². The van der Waals surface area contributed by atoms with Gasteiger partial charge in [0.2, 0.25) is 11.8 Å². The first-order valence-corrected chi connectivity index (χ1v) is 17.8. The van der Waals surface area contributed by atoms with Crippen LogP contribution in [0.4, 0.5) is 13.2 Å². The number of nitrogens with zero attached hydrogens (tertiary/aromatic N) is 2. The number of rotatable bonds is 9. The van der Waals surface area contributed by atoms with Crippen molar-refractivity contribution in [3.63, 3.8) is 0 Å². The number of alkyl halides is 3. The second kappa shape index (κ2) is 15.6. The molecule has 7 atom stereocenters. The Labute approximate surface area is 267 Å². The van der Waals surface area contributed by atoms with Gasteiger partial charge in [-0.2, -0.15) is 13.2 Å². The van der Waals surface area contributed by atoms with Gasteiger partial charge < -0.3 is 20.1 Å². The lowest BCUT2D eigenvalue weighted by Crippen LogP contribution is -2.58. The van der Waals surface area contributed by atoms with E-state index < -0.39 is 12.7 Å². The molecule has 2 aliphatic carbocycles. The van der Waals surface area contributed by atoms with E-state index in [0.29, 0.717) is 50.7 Å². The number of hydrogen-bond acceptors (Lipinski definition) is 6. The Kier molecular flexibility index (Phi) is 12.1. The van der Waals surface area contributed by atoms with Crippen LogP contribution in [0.15, 0.2) is 0 Å². The molecule has 45 heavy (non-hydrogen) atoms. The Balaban J connectivity index is 1.30. The third-order valence-corrected chi connectivity index (χ3v) is 11.9. The topological polar surface area (TPSA) is 83.1 Å². The highest BCUT2D eigenvalue weighted by Crippen LogP contribution is 2.46. The third kappa shape index (κ3) is 9.35. The first kappa shape index (κ1) is 34.9. The maximum absolute atomic E-state index is 14.1. The van der Waals surface area contributed by atoms with Gasteiger partial charge in [0, 0.05) is 63.4 Å². The van der Waals surface area contributed by atoms with Crippen molar-refractivity contribution < 1.29 is 32.2 Å². The second-order valence-electron chi connectivity index (χ2n) is 15.1. The van der Waals surface area contributed by atoms with Crippen molar-refractivity contribution in [2.24, 2.45) is 41.4 Å². The lowest BCUT2D eigenvalue weighted by atomic mass is 9.63. The van der Waals surface area contributed by atoms with E-state index in [-0.39, 0.29) is 66.1 Å². The van der Waals surface area contributed by atoms with Crippen molar-refractivity contribution >= 4 is 11.8 Å². The molecule has 5 fully saturated rings. The molecule has 0 radical (unpaired) electrons. The van der Waals surface area contributed by atoms with Crippen LogP contribution in [0, 0.1) is 41.4 Å². The molecule has 258 valence electrons. The minimum Gasteiger partial charge on any atom is -0.381 e. The Morgan fingerprint density at radius 3 is 2.24 bits per heavy atom. The number of piperidine rings is 1. The maximum atomic E-state index is 14.1. The molecule has 8 nitrogen and oxygen atoms in total. The number of carbonyl (C=O) groups is 2. The summed E-state index contributed by atoms with van der Waals surface area (Å²) in [5.41, 5.74) is 0. The van der Waals surface area contributed by atoms with Crippen LogP contribution in [0.2, 0.25) is 0 Å². The number of amides is 2. The van der Waals surface area contributed by atoms with Gasteiger partial charge in [-0.15, -0.1) is 0 Å². The van der Waals surface area contributed by atoms with Crippen LogP contribution in [0.1, 0.15) is 78.6 Å². The highest BCUT2D eigenvalue weighted by molar-refractivity contribution is 5.83. The summed E-state index contributed by atoms with van der Waals surface area (Å²) < 4.78 is 53.4. The molecule has 0 aromatic rings. The summed E-state index contributed by atoms with van der Waals surface area (Å²) in [7, 11) is 0. The lowest BCUT2D eigenvalue weighted by Gasteiger charge is -2.50. The fourth-order valence-electron chi connectivity index (χ4n) is 9.35. The number of morpholine rings is 1. The van der Waals surface area contributed by atoms with Crippen LogP contribution in [0.25, 0.3) is 0 Å². The van der Waals surface area contributed by atoms with Gasteiger partial charge in [0.1, 0.15) is 0 Å². The molecule has 2 amide bonds. The first-order valence-electron chi connectivity index (χ1n) is 17.8. The Bertz CT molecular complexity index is 966. The third-order valence-electron chi connectivity index (χ3n) is 11.9. The van der Waals surface area contributed by atoms with Gasteiger partial charge in [-0.3, -0.25) is 19.4 Å². The molecule has 0 spiro atoms. The smallest absolute Gasteiger partial charge is 0.381 e. The zero-order valence-electron chi connectivity index (χ0n) is 27.7. The minimum atomic E-state index is -4.32. The fourth-order valence-corrected chi connectivity index (χ4v) is 9.35. The van der Waals surface area contributed by atoms with Crippen molar-refractivity contribution in [2.75, 3.05) is 59.2 Å². The summed E-state index contributed by atoms with van der Waals surface area (Å²) in [6, 6.07) is -0.408. The predicted octanol–water partition coefficient (Wildman–Crippen LogP) is 4.48. The van der Waals surface area contributed by atoms with E-state index in [2.05, 4.69) is 22.5 Å². The van der Waals surface area contributed by atoms with Crippen molar-refractivity contribution in [2.45, 2.75) is 103 Å². The van der Waals surface area contributed by atoms with Gasteiger partial charge in [-0.25, -0.2) is 0 Å². The van der Waals surface area contributed by atoms with Crippen LogP contribution in [-0.2, 0) is 19.1 Å². The molecule has 0 aromatic carbocycles. The van der Waals surface area contributed by atoms with Crippen molar-refractivity contribution in [1.29, 1.82) is 0 Å². The number of hydrogen-bond donors (Lipinski definition) is 2. The SMILES string of the molecule is CC1CC(C)C(CNC(=O)C2CC(C3CCC(CN4CCOCC4)CC3)CC(N(CC(F)(F)F)C3CCOCC3)C2C)C(=O)N1. The summed E-state index contributed by atoms with van der Waals surface area (Å²) in [5, 5.41) is 6.12. The Morgan fingerprint density at radius 2 is 1.60 bits per heavy atom. The largest absolute Gasteiger partial charge is 0.401 e. The number of ether oxygens (including phenoxy) is 2. The number of halogens is 3. The molecule has 0 bridgehead atoms. The zero-order chi connectivity index (χ0) is 32.1.